The Morgan fingerprint density at radius 3 is 2.78 bits per heavy atom. The molecule has 0 spiro atoms. The van der Waals surface area contributed by atoms with Crippen LogP contribution >= 0.6 is 11.3 Å². The van der Waals surface area contributed by atoms with Crippen LogP contribution in [-0.4, -0.2) is 31.0 Å². The maximum atomic E-state index is 11.8. The van der Waals surface area contributed by atoms with Gasteiger partial charge in [-0.3, -0.25) is 9.59 Å². The van der Waals surface area contributed by atoms with Gasteiger partial charge < -0.3 is 9.47 Å². The molecular weight excluding hydrogens is 254 g/mol. The monoisotopic (exact) mass is 265 g/mol. The van der Waals surface area contributed by atoms with Crippen molar-refractivity contribution in [1.29, 1.82) is 0 Å². The summed E-state index contributed by atoms with van der Waals surface area (Å²) in [7, 11) is 2.80. The summed E-state index contributed by atoms with van der Waals surface area (Å²) in [5.41, 5.74) is 1.24. The van der Waals surface area contributed by atoms with Gasteiger partial charge in [0, 0.05) is 5.56 Å². The normalized spacial score (nSPS) is 10.3. The molecule has 0 aliphatic carbocycles. The summed E-state index contributed by atoms with van der Waals surface area (Å²) < 4.78 is 10.3. The number of fused-ring (bicyclic) bond motifs is 1. The number of hydrogen-bond acceptors (Lipinski definition) is 6. The molecule has 1 aromatic heterocycles. The molecule has 1 heterocycles. The van der Waals surface area contributed by atoms with Crippen LogP contribution < -0.4 is 4.74 Å². The summed E-state index contributed by atoms with van der Waals surface area (Å²) >= 11 is 1.35. The van der Waals surface area contributed by atoms with Crippen LogP contribution in [0, 0.1) is 0 Å². The number of ketones is 1. The molecule has 0 fully saturated rings. The van der Waals surface area contributed by atoms with Crippen molar-refractivity contribution in [2.75, 3.05) is 14.2 Å². The number of nitrogens with zero attached hydrogens (tertiary/aromatic N) is 1. The van der Waals surface area contributed by atoms with Gasteiger partial charge in [-0.25, -0.2) is 4.98 Å². The molecule has 2 aromatic rings. The van der Waals surface area contributed by atoms with Gasteiger partial charge in [-0.1, -0.05) is 11.3 Å². The third-order valence-electron chi connectivity index (χ3n) is 2.40. The highest BCUT2D eigenvalue weighted by Crippen LogP contribution is 2.28. The Labute approximate surface area is 107 Å². The minimum atomic E-state index is -0.540. The maximum Gasteiger partial charge on any atom is 0.313 e. The molecule has 0 saturated carbocycles. The van der Waals surface area contributed by atoms with Gasteiger partial charge in [0.15, 0.2) is 5.78 Å². The van der Waals surface area contributed by atoms with Gasteiger partial charge >= 0.3 is 5.97 Å². The Balaban J connectivity index is 2.29. The molecule has 0 amide bonds. The molecule has 1 aromatic carbocycles. The third kappa shape index (κ3) is 2.48. The fourth-order valence-corrected chi connectivity index (χ4v) is 2.29. The lowest BCUT2D eigenvalue weighted by Gasteiger charge is -1.99. The Kier molecular flexibility index (Phi) is 3.57. The van der Waals surface area contributed by atoms with Crippen molar-refractivity contribution in [2.45, 2.75) is 6.42 Å². The van der Waals surface area contributed by atoms with Crippen molar-refractivity contribution < 1.29 is 19.1 Å². The number of thiazole rings is 1. The summed E-state index contributed by atoms with van der Waals surface area (Å²) in [5, 5.41) is 0.544. The van der Waals surface area contributed by atoms with Crippen molar-refractivity contribution >= 4 is 33.3 Å². The van der Waals surface area contributed by atoms with E-state index in [1.807, 2.05) is 0 Å². The maximum absolute atomic E-state index is 11.8. The molecule has 0 aliphatic rings. The van der Waals surface area contributed by atoms with E-state index < -0.39 is 5.97 Å². The first-order valence-corrected chi connectivity index (χ1v) is 6.00. The lowest BCUT2D eigenvalue weighted by molar-refractivity contribution is -0.139. The minimum absolute atomic E-state index is 0.252. The van der Waals surface area contributed by atoms with E-state index in [1.54, 1.807) is 25.3 Å². The molecule has 18 heavy (non-hydrogen) atoms. The van der Waals surface area contributed by atoms with E-state index in [-0.39, 0.29) is 12.2 Å². The zero-order valence-electron chi connectivity index (χ0n) is 9.93. The minimum Gasteiger partial charge on any atom is -0.473 e. The highest BCUT2D eigenvalue weighted by Gasteiger charge is 2.13. The van der Waals surface area contributed by atoms with Crippen LogP contribution in [0.5, 0.6) is 5.19 Å². The largest absolute Gasteiger partial charge is 0.473 e. The number of Topliss-reactive ketones (excluding diaryl/α,β-unsaturated/α-hetero) is 1. The van der Waals surface area contributed by atoms with Gasteiger partial charge in [0.2, 0.25) is 0 Å². The molecule has 2 rings (SSSR count). The van der Waals surface area contributed by atoms with E-state index >= 15 is 0 Å². The van der Waals surface area contributed by atoms with Crippen LogP contribution in [0.1, 0.15) is 16.8 Å². The molecule has 6 heteroatoms. The number of methoxy groups -OCH3 is 2. The van der Waals surface area contributed by atoms with Crippen LogP contribution in [0.4, 0.5) is 0 Å². The van der Waals surface area contributed by atoms with Crippen molar-refractivity contribution in [3.63, 3.8) is 0 Å². The van der Waals surface area contributed by atoms with E-state index in [0.717, 1.165) is 10.2 Å². The summed E-state index contributed by atoms with van der Waals surface area (Å²) in [6.07, 6.45) is -0.252. The first kappa shape index (κ1) is 12.5. The average Bonchev–Trinajstić information content (AvgIpc) is 2.80. The topological polar surface area (TPSA) is 65.5 Å². The molecule has 0 radical (unpaired) electrons. The number of carbonyl (C=O) groups is 2. The van der Waals surface area contributed by atoms with Gasteiger partial charge in [-0.2, -0.15) is 0 Å². The first-order chi connectivity index (χ1) is 8.63. The fourth-order valence-electron chi connectivity index (χ4n) is 1.47. The Hall–Kier alpha value is -1.95. The molecule has 0 unspecified atom stereocenters. The van der Waals surface area contributed by atoms with Crippen molar-refractivity contribution in [1.82, 2.24) is 4.98 Å². The number of esters is 1. The Bertz CT molecular complexity index is 605. The molecule has 0 aliphatic heterocycles. The summed E-state index contributed by atoms with van der Waals surface area (Å²) in [4.78, 5) is 27.0. The summed E-state index contributed by atoms with van der Waals surface area (Å²) in [6, 6.07) is 5.09. The predicted molar refractivity (Wildman–Crippen MR) is 67.1 cm³/mol. The van der Waals surface area contributed by atoms with Crippen molar-refractivity contribution in [2.24, 2.45) is 0 Å². The number of aromatic nitrogens is 1. The second kappa shape index (κ2) is 5.14. The van der Waals surface area contributed by atoms with Gasteiger partial charge in [0.1, 0.15) is 6.42 Å². The lowest BCUT2D eigenvalue weighted by atomic mass is 10.1. The molecule has 0 N–H and O–H groups in total. The average molecular weight is 265 g/mol. The second-order valence-corrected chi connectivity index (χ2v) is 4.54. The zero-order valence-corrected chi connectivity index (χ0v) is 10.7. The SMILES string of the molecule is COC(=O)CC(=O)c1ccc2nc(OC)sc2c1. The highest BCUT2D eigenvalue weighted by atomic mass is 32.1. The van der Waals surface area contributed by atoms with E-state index in [0.29, 0.717) is 10.8 Å². The number of hydrogen-bond donors (Lipinski definition) is 0. The van der Waals surface area contributed by atoms with Crippen LogP contribution in [-0.2, 0) is 9.53 Å². The molecule has 5 nitrogen and oxygen atoms in total. The third-order valence-corrected chi connectivity index (χ3v) is 3.38. The van der Waals surface area contributed by atoms with Crippen LogP contribution in [0.2, 0.25) is 0 Å². The second-order valence-electron chi connectivity index (χ2n) is 3.54. The summed E-state index contributed by atoms with van der Waals surface area (Å²) in [6.45, 7) is 0. The van der Waals surface area contributed by atoms with Gasteiger partial charge in [-0.15, -0.1) is 0 Å². The van der Waals surface area contributed by atoms with Crippen LogP contribution in [0.3, 0.4) is 0 Å². The van der Waals surface area contributed by atoms with Crippen molar-refractivity contribution in [3.8, 4) is 5.19 Å². The van der Waals surface area contributed by atoms with Crippen molar-refractivity contribution in [3.05, 3.63) is 23.8 Å². The number of benzene rings is 1. The van der Waals surface area contributed by atoms with E-state index in [9.17, 15) is 9.59 Å². The molecule has 0 atom stereocenters. The van der Waals surface area contributed by atoms with E-state index in [1.165, 1.54) is 18.4 Å². The number of ether oxygens (including phenoxy) is 2. The molecule has 94 valence electrons. The standard InChI is InChI=1S/C12H11NO4S/c1-16-11(15)6-9(14)7-3-4-8-10(5-7)18-12(13-8)17-2/h3-5H,6H2,1-2H3. The quantitative estimate of drug-likeness (QED) is 0.481. The molecule has 0 bridgehead atoms. The fraction of sp³-hybridized carbons (Fsp3) is 0.250. The number of rotatable bonds is 4. The van der Waals surface area contributed by atoms with Crippen LogP contribution in [0.25, 0.3) is 10.2 Å². The Morgan fingerprint density at radius 1 is 1.33 bits per heavy atom. The van der Waals surface area contributed by atoms with Gasteiger partial charge in [0.25, 0.3) is 5.19 Å². The molecular formula is C12H11NO4S. The van der Waals surface area contributed by atoms with Gasteiger partial charge in [-0.05, 0) is 18.2 Å². The Morgan fingerprint density at radius 2 is 2.11 bits per heavy atom. The number of carbonyl (C=O) groups excluding carboxylic acids is 2. The van der Waals surface area contributed by atoms with Gasteiger partial charge in [0.05, 0.1) is 24.4 Å². The first-order valence-electron chi connectivity index (χ1n) is 5.18. The zero-order chi connectivity index (χ0) is 13.1. The lowest BCUT2D eigenvalue weighted by Crippen LogP contribution is -2.09. The van der Waals surface area contributed by atoms with E-state index in [4.69, 9.17) is 4.74 Å². The van der Waals surface area contributed by atoms with Crippen LogP contribution in [0.15, 0.2) is 18.2 Å². The smallest absolute Gasteiger partial charge is 0.313 e. The highest BCUT2D eigenvalue weighted by molar-refractivity contribution is 7.20. The van der Waals surface area contributed by atoms with E-state index in [2.05, 4.69) is 9.72 Å². The predicted octanol–water partition coefficient (Wildman–Crippen LogP) is 2.05. The molecule has 0 saturated heterocycles. The summed E-state index contributed by atoms with van der Waals surface area (Å²) in [5.74, 6) is -0.807.